The van der Waals surface area contributed by atoms with Gasteiger partial charge in [-0.15, -0.1) is 0 Å². The van der Waals surface area contributed by atoms with Crippen LogP contribution in [-0.2, 0) is 9.59 Å². The summed E-state index contributed by atoms with van der Waals surface area (Å²) in [6, 6.07) is 20.5. The van der Waals surface area contributed by atoms with Crippen molar-refractivity contribution in [2.45, 2.75) is 12.5 Å². The summed E-state index contributed by atoms with van der Waals surface area (Å²) >= 11 is 0. The van der Waals surface area contributed by atoms with Crippen molar-refractivity contribution in [3.63, 3.8) is 0 Å². The number of carbonyl (C=O) groups excluding carboxylic acids is 2. The smallest absolute Gasteiger partial charge is 0.247 e. The molecule has 124 valence electrons. The van der Waals surface area contributed by atoms with Crippen LogP contribution in [0.2, 0.25) is 0 Å². The molecule has 1 aliphatic rings. The van der Waals surface area contributed by atoms with Crippen LogP contribution in [0.3, 0.4) is 0 Å². The molecule has 4 rings (SSSR count). The first kappa shape index (κ1) is 15.2. The van der Waals surface area contributed by atoms with Crippen LogP contribution in [0.4, 0.5) is 17.1 Å². The van der Waals surface area contributed by atoms with Gasteiger partial charge in [0.05, 0.1) is 17.8 Å². The van der Waals surface area contributed by atoms with E-state index in [2.05, 4.69) is 16.0 Å². The van der Waals surface area contributed by atoms with Crippen molar-refractivity contribution >= 4 is 39.6 Å². The minimum atomic E-state index is -0.593. The molecule has 1 heterocycles. The Morgan fingerprint density at radius 1 is 0.920 bits per heavy atom. The number of amides is 2. The number of benzene rings is 3. The highest BCUT2D eigenvalue weighted by Crippen LogP contribution is 2.27. The maximum Gasteiger partial charge on any atom is 0.247 e. The van der Waals surface area contributed by atoms with Gasteiger partial charge in [-0.25, -0.2) is 0 Å². The van der Waals surface area contributed by atoms with Crippen LogP contribution >= 0.6 is 0 Å². The highest BCUT2D eigenvalue weighted by molar-refractivity contribution is 6.07. The van der Waals surface area contributed by atoms with Gasteiger partial charge in [0.15, 0.2) is 0 Å². The third-order valence-corrected chi connectivity index (χ3v) is 4.28. The Labute approximate surface area is 145 Å². The Hall–Kier alpha value is -3.34. The zero-order chi connectivity index (χ0) is 17.2. The summed E-state index contributed by atoms with van der Waals surface area (Å²) in [6.07, 6.45) is 0.0589. The minimum Gasteiger partial charge on any atom is -0.372 e. The van der Waals surface area contributed by atoms with Crippen molar-refractivity contribution in [1.29, 1.82) is 0 Å². The van der Waals surface area contributed by atoms with E-state index >= 15 is 0 Å². The molecule has 3 aromatic rings. The van der Waals surface area contributed by atoms with Crippen molar-refractivity contribution in [3.05, 3.63) is 66.7 Å². The number of nitrogens with one attached hydrogen (secondary N) is 3. The molecule has 0 bridgehead atoms. The van der Waals surface area contributed by atoms with Gasteiger partial charge in [0.1, 0.15) is 6.04 Å². The first-order chi connectivity index (χ1) is 12.2. The fraction of sp³-hybridized carbons (Fsp3) is 0.100. The molecule has 1 atom stereocenters. The van der Waals surface area contributed by atoms with Crippen molar-refractivity contribution in [2.75, 3.05) is 16.0 Å². The van der Waals surface area contributed by atoms with Gasteiger partial charge in [-0.05, 0) is 23.6 Å². The molecule has 0 saturated carbocycles. The van der Waals surface area contributed by atoms with Crippen LogP contribution in [0.15, 0.2) is 66.7 Å². The molecule has 0 aliphatic carbocycles. The van der Waals surface area contributed by atoms with Gasteiger partial charge in [-0.3, -0.25) is 9.59 Å². The molecule has 0 aromatic heterocycles. The number of carbonyl (C=O) groups is 2. The van der Waals surface area contributed by atoms with E-state index in [9.17, 15) is 9.59 Å². The van der Waals surface area contributed by atoms with Crippen LogP contribution in [0.5, 0.6) is 0 Å². The van der Waals surface area contributed by atoms with Crippen LogP contribution in [0, 0.1) is 0 Å². The van der Waals surface area contributed by atoms with Gasteiger partial charge in [-0.1, -0.05) is 48.5 Å². The highest BCUT2D eigenvalue weighted by atomic mass is 16.2. The summed E-state index contributed by atoms with van der Waals surface area (Å²) in [4.78, 5) is 24.7. The number of para-hydroxylation sites is 2. The molecule has 0 radical (unpaired) electrons. The molecule has 0 unspecified atom stereocenters. The maximum atomic E-state index is 12.5. The maximum absolute atomic E-state index is 12.5. The molecule has 3 aromatic carbocycles. The van der Waals surface area contributed by atoms with Crippen molar-refractivity contribution in [1.82, 2.24) is 0 Å². The van der Waals surface area contributed by atoms with Gasteiger partial charge in [0, 0.05) is 11.1 Å². The molecular formula is C20H17N3O2. The first-order valence-electron chi connectivity index (χ1n) is 8.15. The summed E-state index contributed by atoms with van der Waals surface area (Å²) in [7, 11) is 0. The summed E-state index contributed by atoms with van der Waals surface area (Å²) in [5, 5.41) is 10.9. The Morgan fingerprint density at radius 3 is 2.52 bits per heavy atom. The van der Waals surface area contributed by atoms with E-state index < -0.39 is 6.04 Å². The molecule has 2 amide bonds. The van der Waals surface area contributed by atoms with Crippen LogP contribution in [0.1, 0.15) is 6.42 Å². The number of anilines is 3. The largest absolute Gasteiger partial charge is 0.372 e. The first-order valence-corrected chi connectivity index (χ1v) is 8.15. The fourth-order valence-corrected chi connectivity index (χ4v) is 3.06. The average Bonchev–Trinajstić information content (AvgIpc) is 2.63. The SMILES string of the molecule is O=C(C[C@H]1Nc2ccccc2NC1=O)Nc1cccc2ccccc12. The van der Waals surface area contributed by atoms with Gasteiger partial charge in [0.25, 0.3) is 0 Å². The quantitative estimate of drug-likeness (QED) is 0.687. The van der Waals surface area contributed by atoms with Crippen molar-refractivity contribution in [2.24, 2.45) is 0 Å². The molecule has 3 N–H and O–H groups in total. The summed E-state index contributed by atoms with van der Waals surface area (Å²) in [5.74, 6) is -0.407. The van der Waals surface area contributed by atoms with Gasteiger partial charge >= 0.3 is 0 Å². The van der Waals surface area contributed by atoms with E-state index in [4.69, 9.17) is 0 Å². The predicted octanol–water partition coefficient (Wildman–Crippen LogP) is 3.60. The second-order valence-corrected chi connectivity index (χ2v) is 6.01. The van der Waals surface area contributed by atoms with Crippen LogP contribution in [-0.4, -0.2) is 17.9 Å². The molecule has 0 fully saturated rings. The van der Waals surface area contributed by atoms with E-state index in [1.807, 2.05) is 66.7 Å². The molecule has 5 nitrogen and oxygen atoms in total. The Kier molecular flexibility index (Phi) is 3.82. The lowest BCUT2D eigenvalue weighted by Crippen LogP contribution is -2.41. The molecule has 0 saturated heterocycles. The third kappa shape index (κ3) is 3.04. The lowest BCUT2D eigenvalue weighted by molar-refractivity contribution is -0.122. The normalized spacial score (nSPS) is 15.8. The molecule has 1 aliphatic heterocycles. The van der Waals surface area contributed by atoms with E-state index in [-0.39, 0.29) is 18.2 Å². The molecule has 5 heteroatoms. The van der Waals surface area contributed by atoms with Gasteiger partial charge < -0.3 is 16.0 Å². The zero-order valence-electron chi connectivity index (χ0n) is 13.5. The lowest BCUT2D eigenvalue weighted by Gasteiger charge is -2.26. The topological polar surface area (TPSA) is 70.2 Å². The Morgan fingerprint density at radius 2 is 1.64 bits per heavy atom. The number of rotatable bonds is 3. The third-order valence-electron chi connectivity index (χ3n) is 4.28. The second-order valence-electron chi connectivity index (χ2n) is 6.01. The van der Waals surface area contributed by atoms with E-state index in [0.29, 0.717) is 0 Å². The van der Waals surface area contributed by atoms with Crippen molar-refractivity contribution < 1.29 is 9.59 Å². The standard InChI is InChI=1S/C20H17N3O2/c24-19(22-15-11-5-7-13-6-1-2-8-14(13)15)12-18-20(25)23-17-10-4-3-9-16(17)21-18/h1-11,18,21H,12H2,(H,22,24)(H,23,25)/t18-/m1/s1. The number of hydrogen-bond donors (Lipinski definition) is 3. The predicted molar refractivity (Wildman–Crippen MR) is 99.7 cm³/mol. The van der Waals surface area contributed by atoms with Crippen LogP contribution in [0.25, 0.3) is 10.8 Å². The summed E-state index contributed by atoms with van der Waals surface area (Å²) < 4.78 is 0. The summed E-state index contributed by atoms with van der Waals surface area (Å²) in [6.45, 7) is 0. The average molecular weight is 331 g/mol. The zero-order valence-corrected chi connectivity index (χ0v) is 13.5. The van der Waals surface area contributed by atoms with E-state index in [1.54, 1.807) is 0 Å². The van der Waals surface area contributed by atoms with Crippen LogP contribution < -0.4 is 16.0 Å². The summed E-state index contributed by atoms with van der Waals surface area (Å²) in [5.41, 5.74) is 2.31. The molecule has 25 heavy (non-hydrogen) atoms. The van der Waals surface area contributed by atoms with Gasteiger partial charge in [0.2, 0.25) is 11.8 Å². The lowest BCUT2D eigenvalue weighted by atomic mass is 10.1. The van der Waals surface area contributed by atoms with E-state index in [0.717, 1.165) is 27.8 Å². The number of fused-ring (bicyclic) bond motifs is 2. The Balaban J connectivity index is 1.50. The monoisotopic (exact) mass is 331 g/mol. The Bertz CT molecular complexity index is 963. The fourth-order valence-electron chi connectivity index (χ4n) is 3.06. The van der Waals surface area contributed by atoms with Gasteiger partial charge in [-0.2, -0.15) is 0 Å². The number of hydrogen-bond acceptors (Lipinski definition) is 3. The molecular weight excluding hydrogens is 314 g/mol. The van der Waals surface area contributed by atoms with E-state index in [1.165, 1.54) is 0 Å². The molecule has 0 spiro atoms. The highest BCUT2D eigenvalue weighted by Gasteiger charge is 2.27. The second kappa shape index (κ2) is 6.28. The minimum absolute atomic E-state index is 0.0589. The van der Waals surface area contributed by atoms with Crippen molar-refractivity contribution in [3.8, 4) is 0 Å².